The molecule has 2 aromatic rings. The summed E-state index contributed by atoms with van der Waals surface area (Å²) in [5.74, 6) is 1.10. The van der Waals surface area contributed by atoms with E-state index in [0.29, 0.717) is 25.6 Å². The van der Waals surface area contributed by atoms with E-state index in [1.165, 1.54) is 12.1 Å². The molecule has 0 saturated carbocycles. The number of halogens is 1. The zero-order valence-electron chi connectivity index (χ0n) is 15.0. The lowest BCUT2D eigenvalue weighted by molar-refractivity contribution is 0.00325. The van der Waals surface area contributed by atoms with E-state index in [-0.39, 0.29) is 12.4 Å². The molecule has 1 unspecified atom stereocenters. The Labute approximate surface area is 149 Å². The third kappa shape index (κ3) is 7.82. The number of aliphatic hydroxyl groups excluding tert-OH is 1. The van der Waals surface area contributed by atoms with Crippen molar-refractivity contribution in [2.24, 2.45) is 5.92 Å². The maximum atomic E-state index is 13.1. The largest absolute Gasteiger partial charge is 0.467 e. The average molecular weight is 349 g/mol. The van der Waals surface area contributed by atoms with Crippen LogP contribution in [0.15, 0.2) is 47.1 Å². The number of aliphatic hydroxyl groups is 1. The first-order valence-electron chi connectivity index (χ1n) is 8.78. The van der Waals surface area contributed by atoms with E-state index in [1.54, 1.807) is 18.4 Å². The molecule has 0 aliphatic rings. The maximum Gasteiger partial charge on any atom is 0.129 e. The first-order chi connectivity index (χ1) is 12.0. The summed E-state index contributed by atoms with van der Waals surface area (Å²) in [7, 11) is 0. The second-order valence-corrected chi connectivity index (χ2v) is 6.79. The first-order valence-corrected chi connectivity index (χ1v) is 8.78. The van der Waals surface area contributed by atoms with Crippen molar-refractivity contribution in [3.05, 3.63) is 59.8 Å². The first kappa shape index (κ1) is 19.6. The Morgan fingerprint density at radius 2 is 1.96 bits per heavy atom. The number of rotatable bonds is 11. The molecule has 0 aliphatic carbocycles. The lowest BCUT2D eigenvalue weighted by Gasteiger charge is -2.26. The van der Waals surface area contributed by atoms with Crippen molar-refractivity contribution in [3.63, 3.8) is 0 Å². The van der Waals surface area contributed by atoms with Gasteiger partial charge in [0.05, 0.1) is 19.0 Å². The Morgan fingerprint density at radius 1 is 1.20 bits per heavy atom. The molecule has 0 amide bonds. The second-order valence-electron chi connectivity index (χ2n) is 6.79. The van der Waals surface area contributed by atoms with Crippen LogP contribution in [0.3, 0.4) is 0 Å². The van der Waals surface area contributed by atoms with Crippen molar-refractivity contribution in [2.45, 2.75) is 39.5 Å². The number of nitrogens with zero attached hydrogens (tertiary/aromatic N) is 1. The minimum absolute atomic E-state index is 0.233. The van der Waals surface area contributed by atoms with E-state index in [0.717, 1.165) is 24.3 Å². The van der Waals surface area contributed by atoms with Crippen LogP contribution in [0.1, 0.15) is 31.6 Å². The lowest BCUT2D eigenvalue weighted by Crippen LogP contribution is -2.35. The molecule has 0 radical (unpaired) electrons. The summed E-state index contributed by atoms with van der Waals surface area (Å²) in [5.41, 5.74) is 1.04. The van der Waals surface area contributed by atoms with Crippen LogP contribution in [-0.4, -0.2) is 35.8 Å². The Balaban J connectivity index is 1.82. The molecule has 1 N–H and O–H groups in total. The summed E-state index contributed by atoms with van der Waals surface area (Å²) in [5, 5.41) is 10.3. The van der Waals surface area contributed by atoms with Crippen LogP contribution < -0.4 is 0 Å². The zero-order valence-corrected chi connectivity index (χ0v) is 15.0. The van der Waals surface area contributed by atoms with Gasteiger partial charge in [0.15, 0.2) is 0 Å². The molecule has 0 fully saturated rings. The fourth-order valence-corrected chi connectivity index (χ4v) is 2.56. The third-order valence-electron chi connectivity index (χ3n) is 3.95. The second kappa shape index (κ2) is 10.3. The number of hydrogen-bond acceptors (Lipinski definition) is 4. The minimum atomic E-state index is -0.581. The van der Waals surface area contributed by atoms with Gasteiger partial charge < -0.3 is 14.3 Å². The number of ether oxygens (including phenoxy) is 1. The Morgan fingerprint density at radius 3 is 2.60 bits per heavy atom. The van der Waals surface area contributed by atoms with Crippen LogP contribution in [0.4, 0.5) is 4.39 Å². The van der Waals surface area contributed by atoms with Crippen LogP contribution in [0.5, 0.6) is 0 Å². The van der Waals surface area contributed by atoms with Crippen molar-refractivity contribution >= 4 is 0 Å². The van der Waals surface area contributed by atoms with Crippen LogP contribution >= 0.6 is 0 Å². The molecule has 2 rings (SSSR count). The SMILES string of the molecule is CC(C)CCN(Cc1ccc(F)cc1)CC(O)COCc1ccco1. The summed E-state index contributed by atoms with van der Waals surface area (Å²) < 4.78 is 23.8. The summed E-state index contributed by atoms with van der Waals surface area (Å²) in [6, 6.07) is 10.2. The molecule has 1 atom stereocenters. The van der Waals surface area contributed by atoms with E-state index >= 15 is 0 Å². The fraction of sp³-hybridized carbons (Fsp3) is 0.500. The Bertz CT molecular complexity index is 583. The molecule has 4 nitrogen and oxygen atoms in total. The van der Waals surface area contributed by atoms with Gasteiger partial charge >= 0.3 is 0 Å². The zero-order chi connectivity index (χ0) is 18.1. The molecule has 5 heteroatoms. The summed E-state index contributed by atoms with van der Waals surface area (Å²) >= 11 is 0. The van der Waals surface area contributed by atoms with Gasteiger partial charge in [0, 0.05) is 13.1 Å². The van der Waals surface area contributed by atoms with Crippen molar-refractivity contribution in [3.8, 4) is 0 Å². The van der Waals surface area contributed by atoms with E-state index in [4.69, 9.17) is 9.15 Å². The van der Waals surface area contributed by atoms with Gasteiger partial charge in [-0.1, -0.05) is 26.0 Å². The van der Waals surface area contributed by atoms with Gasteiger partial charge in [-0.25, -0.2) is 4.39 Å². The maximum absolute atomic E-state index is 13.1. The van der Waals surface area contributed by atoms with Crippen LogP contribution in [-0.2, 0) is 17.9 Å². The molecule has 1 heterocycles. The normalized spacial score (nSPS) is 12.9. The van der Waals surface area contributed by atoms with Crippen molar-refractivity contribution in [1.29, 1.82) is 0 Å². The van der Waals surface area contributed by atoms with Crippen LogP contribution in [0.2, 0.25) is 0 Å². The van der Waals surface area contributed by atoms with Gasteiger partial charge in [-0.2, -0.15) is 0 Å². The molecule has 0 saturated heterocycles. The molecule has 0 spiro atoms. The highest BCUT2D eigenvalue weighted by atomic mass is 19.1. The summed E-state index contributed by atoms with van der Waals surface area (Å²) in [6.45, 7) is 7.04. The highest BCUT2D eigenvalue weighted by molar-refractivity contribution is 5.15. The molecule has 1 aromatic carbocycles. The van der Waals surface area contributed by atoms with Crippen molar-refractivity contribution in [1.82, 2.24) is 4.90 Å². The van der Waals surface area contributed by atoms with E-state index < -0.39 is 6.10 Å². The standard InChI is InChI=1S/C20H28FNO3/c1-16(2)9-10-22(12-17-5-7-18(21)8-6-17)13-19(23)14-24-15-20-4-3-11-25-20/h3-8,11,16,19,23H,9-10,12-15H2,1-2H3. The average Bonchev–Trinajstić information content (AvgIpc) is 3.08. The minimum Gasteiger partial charge on any atom is -0.467 e. The molecule has 25 heavy (non-hydrogen) atoms. The number of benzene rings is 1. The number of furan rings is 1. The van der Waals surface area contributed by atoms with Gasteiger partial charge in [0.2, 0.25) is 0 Å². The molecular weight excluding hydrogens is 321 g/mol. The van der Waals surface area contributed by atoms with E-state index in [1.807, 2.05) is 12.1 Å². The van der Waals surface area contributed by atoms with Crippen molar-refractivity contribution in [2.75, 3.05) is 19.7 Å². The topological polar surface area (TPSA) is 45.8 Å². The monoisotopic (exact) mass is 349 g/mol. The van der Waals surface area contributed by atoms with E-state index in [9.17, 15) is 9.50 Å². The Hall–Kier alpha value is -1.69. The molecule has 0 bridgehead atoms. The lowest BCUT2D eigenvalue weighted by atomic mass is 10.1. The third-order valence-corrected chi connectivity index (χ3v) is 3.95. The summed E-state index contributed by atoms with van der Waals surface area (Å²) in [4.78, 5) is 2.19. The predicted molar refractivity (Wildman–Crippen MR) is 95.5 cm³/mol. The quantitative estimate of drug-likeness (QED) is 0.669. The molecule has 0 aliphatic heterocycles. The van der Waals surface area contributed by atoms with Gasteiger partial charge in [-0.3, -0.25) is 4.90 Å². The van der Waals surface area contributed by atoms with E-state index in [2.05, 4.69) is 18.7 Å². The highest BCUT2D eigenvalue weighted by Gasteiger charge is 2.14. The van der Waals surface area contributed by atoms with Gasteiger partial charge in [-0.05, 0) is 48.7 Å². The van der Waals surface area contributed by atoms with Crippen molar-refractivity contribution < 1.29 is 18.7 Å². The van der Waals surface area contributed by atoms with Crippen LogP contribution in [0.25, 0.3) is 0 Å². The molecule has 138 valence electrons. The highest BCUT2D eigenvalue weighted by Crippen LogP contribution is 2.11. The molecule has 1 aromatic heterocycles. The molecular formula is C20H28FNO3. The predicted octanol–water partition coefficient (Wildman–Crippen LogP) is 3.84. The van der Waals surface area contributed by atoms with Crippen LogP contribution in [0, 0.1) is 11.7 Å². The summed E-state index contributed by atoms with van der Waals surface area (Å²) in [6.07, 6.45) is 2.06. The Kier molecular flexibility index (Phi) is 8.12. The van der Waals surface area contributed by atoms with Gasteiger partial charge in [0.25, 0.3) is 0 Å². The van der Waals surface area contributed by atoms with Gasteiger partial charge in [0.1, 0.15) is 18.2 Å². The fourth-order valence-electron chi connectivity index (χ4n) is 2.56. The van der Waals surface area contributed by atoms with Gasteiger partial charge in [-0.15, -0.1) is 0 Å². The number of hydrogen-bond donors (Lipinski definition) is 1. The smallest absolute Gasteiger partial charge is 0.129 e.